The van der Waals surface area contributed by atoms with Crippen LogP contribution in [0.5, 0.6) is 0 Å². The molecule has 4 nitrogen and oxygen atoms in total. The minimum atomic E-state index is -1.52. The van der Waals surface area contributed by atoms with Crippen LogP contribution >= 0.6 is 7.26 Å². The van der Waals surface area contributed by atoms with Crippen molar-refractivity contribution in [3.63, 3.8) is 0 Å². The topological polar surface area (TPSA) is 84.9 Å². The molecule has 1 fully saturated rings. The quantitative estimate of drug-likeness (QED) is 0.575. The molecule has 0 bridgehead atoms. The SMILES string of the molecule is CC.N#CC(C#N)C(=O)O.[CH2-][P+]1(C)CCCCC1.[Y]. The Hall–Kier alpha value is -0.0161. The zero-order valence-electron chi connectivity index (χ0n) is 12.1. The van der Waals surface area contributed by atoms with Crippen molar-refractivity contribution < 1.29 is 42.6 Å². The Kier molecular flexibility index (Phi) is 18.2. The average molecular weight is 359 g/mol. The fourth-order valence-corrected chi connectivity index (χ4v) is 3.61. The molecule has 1 saturated heterocycles. The van der Waals surface area contributed by atoms with Gasteiger partial charge in [0, 0.05) is 51.7 Å². The molecule has 0 spiro atoms. The molecule has 105 valence electrons. The molecule has 1 radical (unpaired) electrons. The summed E-state index contributed by atoms with van der Waals surface area (Å²) in [5.74, 6) is -2.91. The molecular weight excluding hydrogens is 336 g/mol. The maximum absolute atomic E-state index is 9.72. The van der Waals surface area contributed by atoms with Crippen molar-refractivity contribution in [2.75, 3.05) is 19.0 Å². The number of hydrogen-bond donors (Lipinski definition) is 1. The van der Waals surface area contributed by atoms with E-state index in [0.717, 1.165) is 0 Å². The predicted octanol–water partition coefficient (Wildman–Crippen LogP) is 3.37. The first-order valence-corrected chi connectivity index (χ1v) is 8.93. The van der Waals surface area contributed by atoms with E-state index in [9.17, 15) is 4.79 Å². The standard InChI is InChI=1S/C7H15P.C4H2N2O2.C2H6.Y/c1-8(2)6-4-3-5-7-8;5-1-3(2-6)4(7)8;1-2;/h1,3-7H2,2H3;3H,(H,7,8);1-2H3;. The second-order valence-corrected chi connectivity index (χ2v) is 8.29. The molecule has 0 aromatic rings. The minimum absolute atomic E-state index is 0. The zero-order valence-corrected chi connectivity index (χ0v) is 15.8. The number of carbonyl (C=O) groups is 1. The maximum atomic E-state index is 9.72. The summed E-state index contributed by atoms with van der Waals surface area (Å²) >= 11 is 0. The van der Waals surface area contributed by atoms with Gasteiger partial charge in [-0.2, -0.15) is 17.2 Å². The van der Waals surface area contributed by atoms with E-state index >= 15 is 0 Å². The third kappa shape index (κ3) is 14.2. The largest absolute Gasteiger partial charge is 0.479 e. The van der Waals surface area contributed by atoms with E-state index in [4.69, 9.17) is 15.6 Å². The number of carboxylic acid groups (broad SMARTS) is 1. The third-order valence-corrected chi connectivity index (χ3v) is 5.19. The molecule has 0 aromatic carbocycles. The Labute approximate surface area is 142 Å². The average Bonchev–Trinajstić information content (AvgIpc) is 2.33. The van der Waals surface area contributed by atoms with Crippen molar-refractivity contribution in [1.82, 2.24) is 0 Å². The number of nitrogens with zero attached hydrogens (tertiary/aromatic N) is 2. The van der Waals surface area contributed by atoms with Gasteiger partial charge in [-0.15, -0.1) is 7.26 Å². The monoisotopic (exact) mass is 359 g/mol. The van der Waals surface area contributed by atoms with Crippen LogP contribution in [0.2, 0.25) is 0 Å². The fourth-order valence-electron chi connectivity index (χ4n) is 1.41. The first-order valence-electron chi connectivity index (χ1n) is 6.14. The summed E-state index contributed by atoms with van der Waals surface area (Å²) in [5, 5.41) is 23.6. The summed E-state index contributed by atoms with van der Waals surface area (Å²) in [6.45, 7) is 10.6. The molecule has 0 aliphatic carbocycles. The molecule has 1 N–H and O–H groups in total. The molecule has 0 amide bonds. The normalized spacial score (nSPS) is 15.1. The van der Waals surface area contributed by atoms with Crippen LogP contribution in [0, 0.1) is 35.2 Å². The van der Waals surface area contributed by atoms with Crippen molar-refractivity contribution in [2.45, 2.75) is 33.1 Å². The van der Waals surface area contributed by atoms with Crippen molar-refractivity contribution in [3.8, 4) is 12.1 Å². The van der Waals surface area contributed by atoms with Gasteiger partial charge in [0.15, 0.2) is 0 Å². The van der Waals surface area contributed by atoms with Crippen molar-refractivity contribution in [3.05, 3.63) is 6.66 Å². The van der Waals surface area contributed by atoms with E-state index in [1.54, 1.807) is 0 Å². The van der Waals surface area contributed by atoms with Gasteiger partial charge in [-0.3, -0.25) is 0 Å². The Morgan fingerprint density at radius 3 is 1.68 bits per heavy atom. The van der Waals surface area contributed by atoms with Crippen LogP contribution in [-0.4, -0.2) is 30.1 Å². The maximum Gasteiger partial charge on any atom is 0.335 e. The third-order valence-electron chi connectivity index (χ3n) is 2.40. The van der Waals surface area contributed by atoms with Gasteiger partial charge in [0.2, 0.25) is 5.92 Å². The van der Waals surface area contributed by atoms with Gasteiger partial charge in [0.05, 0.1) is 12.1 Å². The van der Waals surface area contributed by atoms with Crippen LogP contribution < -0.4 is 0 Å². The van der Waals surface area contributed by atoms with Crippen LogP contribution in [0.25, 0.3) is 0 Å². The van der Waals surface area contributed by atoms with Gasteiger partial charge in [0.1, 0.15) is 0 Å². The Balaban J connectivity index is -0.000000228. The van der Waals surface area contributed by atoms with Crippen molar-refractivity contribution in [2.24, 2.45) is 5.92 Å². The molecule has 1 rings (SSSR count). The second-order valence-electron chi connectivity index (χ2n) is 4.16. The fraction of sp³-hybridized carbons (Fsp3) is 0.692. The Morgan fingerprint density at radius 2 is 1.58 bits per heavy atom. The van der Waals surface area contributed by atoms with Crippen LogP contribution in [0.15, 0.2) is 0 Å². The van der Waals surface area contributed by atoms with E-state index in [1.165, 1.54) is 43.7 Å². The van der Waals surface area contributed by atoms with Gasteiger partial charge < -0.3 is 5.11 Å². The molecule has 0 atom stereocenters. The van der Waals surface area contributed by atoms with E-state index in [-0.39, 0.29) is 32.7 Å². The Bertz CT molecular complexity index is 300. The van der Waals surface area contributed by atoms with E-state index in [0.29, 0.717) is 0 Å². The van der Waals surface area contributed by atoms with Crippen LogP contribution in [-0.2, 0) is 37.5 Å². The molecule has 0 aromatic heterocycles. The molecular formula is C13H23N2O2PY. The number of rotatable bonds is 1. The smallest absolute Gasteiger partial charge is 0.335 e. The summed E-state index contributed by atoms with van der Waals surface area (Å²) in [6.07, 6.45) is 7.27. The van der Waals surface area contributed by atoms with Crippen LogP contribution in [0.3, 0.4) is 0 Å². The van der Waals surface area contributed by atoms with Crippen LogP contribution in [0.1, 0.15) is 33.1 Å². The first-order chi connectivity index (χ1) is 8.43. The van der Waals surface area contributed by atoms with Crippen LogP contribution in [0.4, 0.5) is 0 Å². The Morgan fingerprint density at radius 1 is 1.21 bits per heavy atom. The van der Waals surface area contributed by atoms with E-state index in [2.05, 4.69) is 13.3 Å². The second kappa shape index (κ2) is 14.4. The first kappa shape index (κ1) is 24.0. The number of hydrogen-bond acceptors (Lipinski definition) is 3. The molecule has 1 aliphatic rings. The van der Waals surface area contributed by atoms with Gasteiger partial charge in [-0.05, 0) is 19.3 Å². The minimum Gasteiger partial charge on any atom is -0.479 e. The zero-order chi connectivity index (χ0) is 14.6. The number of nitriles is 2. The molecule has 1 aliphatic heterocycles. The summed E-state index contributed by atoms with van der Waals surface area (Å²) in [6, 6.07) is 2.58. The molecule has 0 unspecified atom stereocenters. The van der Waals surface area contributed by atoms with Crippen molar-refractivity contribution in [1.29, 1.82) is 10.5 Å². The molecule has 6 heteroatoms. The predicted molar refractivity (Wildman–Crippen MR) is 75.5 cm³/mol. The van der Waals surface area contributed by atoms with Gasteiger partial charge in [-0.1, -0.05) is 13.8 Å². The molecule has 0 saturated carbocycles. The number of aliphatic carboxylic acids is 1. The van der Waals surface area contributed by atoms with E-state index in [1.807, 2.05) is 13.8 Å². The molecule has 1 heterocycles. The summed E-state index contributed by atoms with van der Waals surface area (Å²) in [5.41, 5.74) is 0. The molecule has 19 heavy (non-hydrogen) atoms. The summed E-state index contributed by atoms with van der Waals surface area (Å²) in [7, 11) is -0.587. The number of carboxylic acids is 1. The summed E-state index contributed by atoms with van der Waals surface area (Å²) in [4.78, 5) is 9.72. The van der Waals surface area contributed by atoms with E-state index < -0.39 is 19.1 Å². The van der Waals surface area contributed by atoms with Crippen molar-refractivity contribution >= 4 is 13.2 Å². The summed E-state index contributed by atoms with van der Waals surface area (Å²) < 4.78 is 0. The van der Waals surface area contributed by atoms with Gasteiger partial charge >= 0.3 is 5.97 Å². The van der Waals surface area contributed by atoms with Gasteiger partial charge in [0.25, 0.3) is 0 Å². The van der Waals surface area contributed by atoms with Gasteiger partial charge in [-0.25, -0.2) is 4.79 Å².